The van der Waals surface area contributed by atoms with Crippen LogP contribution in [-0.4, -0.2) is 76.5 Å². The molecule has 0 heterocycles. The monoisotopic (exact) mass is 511 g/mol. The Hall–Kier alpha value is -1.77. The van der Waals surface area contributed by atoms with Crippen LogP contribution in [0.15, 0.2) is 0 Å². The lowest BCUT2D eigenvalue weighted by Crippen LogP contribution is -2.30. The highest BCUT2D eigenvalue weighted by Gasteiger charge is 2.07. The summed E-state index contributed by atoms with van der Waals surface area (Å²) in [7, 11) is -6.27. The molecule has 0 saturated carbocycles. The topological polar surface area (TPSA) is 196 Å². The Labute approximate surface area is 194 Å². The van der Waals surface area contributed by atoms with Gasteiger partial charge in [-0.15, -0.1) is 0 Å². The normalized spacial score (nSPS) is 9.06. The molecule has 0 unspecified atom stereocenters. The van der Waals surface area contributed by atoms with Crippen molar-refractivity contribution in [2.75, 3.05) is 31.6 Å². The second kappa shape index (κ2) is 31.4. The second-order valence-electron chi connectivity index (χ2n) is 4.41. The number of carboxylic acid groups (broad SMARTS) is 2. The zero-order valence-electron chi connectivity index (χ0n) is 21.1. The van der Waals surface area contributed by atoms with E-state index in [0.29, 0.717) is 13.0 Å². The summed E-state index contributed by atoms with van der Waals surface area (Å²) < 4.78 is 45.4. The van der Waals surface area contributed by atoms with Crippen molar-refractivity contribution in [3.05, 3.63) is 0 Å². The van der Waals surface area contributed by atoms with Gasteiger partial charge in [-0.2, -0.15) is 0 Å². The van der Waals surface area contributed by atoms with Gasteiger partial charge in [0.1, 0.15) is 13.1 Å². The van der Waals surface area contributed by atoms with Gasteiger partial charge >= 0.3 is 11.9 Å². The molecular formula is C18H45N3O9S2. The largest absolute Gasteiger partial charge is 0.480 e. The van der Waals surface area contributed by atoms with Crippen molar-refractivity contribution >= 4 is 37.9 Å². The van der Waals surface area contributed by atoms with E-state index in [2.05, 4.69) is 10.0 Å². The lowest BCUT2D eigenvalue weighted by Gasteiger charge is -1.98. The second-order valence-corrected chi connectivity index (χ2v) is 8.34. The third-order valence-electron chi connectivity index (χ3n) is 1.99. The Morgan fingerprint density at radius 1 is 0.719 bits per heavy atom. The average molecular weight is 512 g/mol. The van der Waals surface area contributed by atoms with Gasteiger partial charge in [-0.3, -0.25) is 14.4 Å². The molecule has 0 aliphatic carbocycles. The fourth-order valence-corrected chi connectivity index (χ4v) is 1.91. The lowest BCUT2D eigenvalue weighted by atomic mass is 10.4. The van der Waals surface area contributed by atoms with E-state index < -0.39 is 38.5 Å². The standard InChI is InChI=1S/C5H9NO3.C4H9NO4S.C3H9NO2S.3C2H6/c1-2-4(7)6-3-5(8)9;1-2-10(8,9)5-3-4(6)7;1-3-4-7(2,5)6;3*1-2/h2-3H2,1H3,(H,6,7)(H,8,9);5H,2-3H2,1H3,(H,6,7);4H,3H2,1-2H3;3*1-2H3. The molecule has 0 spiro atoms. The number of hydrogen-bond acceptors (Lipinski definition) is 7. The van der Waals surface area contributed by atoms with Crippen molar-refractivity contribution < 1.29 is 41.4 Å². The maximum Gasteiger partial charge on any atom is 0.322 e. The molecule has 32 heavy (non-hydrogen) atoms. The number of sulfonamides is 2. The van der Waals surface area contributed by atoms with E-state index in [0.717, 1.165) is 6.26 Å². The molecule has 12 nitrogen and oxygen atoms in total. The number of carbonyl (C=O) groups is 3. The average Bonchev–Trinajstić information content (AvgIpc) is 2.75. The van der Waals surface area contributed by atoms with Gasteiger partial charge in [0, 0.05) is 13.0 Å². The number of carbonyl (C=O) groups excluding carboxylic acids is 1. The SMILES string of the molecule is CC.CC.CC.CCC(=O)NCC(=O)O.CCNS(C)(=O)=O.CCS(=O)(=O)NCC(=O)O. The van der Waals surface area contributed by atoms with Crippen LogP contribution in [0.4, 0.5) is 0 Å². The molecule has 0 fully saturated rings. The van der Waals surface area contributed by atoms with Gasteiger partial charge in [0.2, 0.25) is 26.0 Å². The third kappa shape index (κ3) is 63.0. The van der Waals surface area contributed by atoms with Crippen molar-refractivity contribution in [3.63, 3.8) is 0 Å². The minimum Gasteiger partial charge on any atom is -0.480 e. The van der Waals surface area contributed by atoms with E-state index >= 15 is 0 Å². The molecule has 0 aromatic carbocycles. The molecule has 0 aromatic rings. The highest BCUT2D eigenvalue weighted by atomic mass is 32.2. The highest BCUT2D eigenvalue weighted by molar-refractivity contribution is 7.89. The van der Waals surface area contributed by atoms with Crippen LogP contribution in [-0.2, 0) is 34.4 Å². The molecule has 0 radical (unpaired) electrons. The summed E-state index contributed by atoms with van der Waals surface area (Å²) >= 11 is 0. The Balaban J connectivity index is -0.0000000713. The summed E-state index contributed by atoms with van der Waals surface area (Å²) in [6.45, 7) is 16.5. The van der Waals surface area contributed by atoms with E-state index in [1.807, 2.05) is 46.3 Å². The predicted molar refractivity (Wildman–Crippen MR) is 129 cm³/mol. The number of amides is 1. The summed E-state index contributed by atoms with van der Waals surface area (Å²) in [5, 5.41) is 18.3. The number of aliphatic carboxylic acids is 2. The van der Waals surface area contributed by atoms with Gasteiger partial charge in [-0.25, -0.2) is 26.3 Å². The van der Waals surface area contributed by atoms with Crippen molar-refractivity contribution in [1.82, 2.24) is 14.8 Å². The smallest absolute Gasteiger partial charge is 0.322 e. The van der Waals surface area contributed by atoms with E-state index in [1.54, 1.807) is 13.8 Å². The molecule has 0 aliphatic heterocycles. The van der Waals surface area contributed by atoms with E-state index in [1.165, 1.54) is 6.92 Å². The van der Waals surface area contributed by atoms with Crippen molar-refractivity contribution in [1.29, 1.82) is 0 Å². The maximum absolute atomic E-state index is 10.5. The summed E-state index contributed by atoms with van der Waals surface area (Å²) in [6.07, 6.45) is 1.46. The fourth-order valence-electron chi connectivity index (χ4n) is 0.835. The van der Waals surface area contributed by atoms with Gasteiger partial charge in [0.15, 0.2) is 0 Å². The zero-order valence-corrected chi connectivity index (χ0v) is 22.7. The third-order valence-corrected chi connectivity index (χ3v) is 4.15. The van der Waals surface area contributed by atoms with Crippen LogP contribution in [0.2, 0.25) is 0 Å². The van der Waals surface area contributed by atoms with E-state index in [-0.39, 0.29) is 18.2 Å². The Morgan fingerprint density at radius 2 is 1.09 bits per heavy atom. The summed E-state index contributed by atoms with van der Waals surface area (Å²) in [4.78, 5) is 30.0. The molecule has 14 heteroatoms. The molecule has 0 bridgehead atoms. The minimum atomic E-state index is -3.35. The van der Waals surface area contributed by atoms with Gasteiger partial charge in [-0.05, 0) is 6.92 Å². The van der Waals surface area contributed by atoms with Crippen molar-refractivity contribution in [3.8, 4) is 0 Å². The van der Waals surface area contributed by atoms with Crippen molar-refractivity contribution in [2.24, 2.45) is 0 Å². The number of hydrogen-bond donors (Lipinski definition) is 5. The number of rotatable bonds is 9. The van der Waals surface area contributed by atoms with Crippen molar-refractivity contribution in [2.45, 2.75) is 68.7 Å². The van der Waals surface area contributed by atoms with Gasteiger partial charge in [0.25, 0.3) is 0 Å². The van der Waals surface area contributed by atoms with Crippen LogP contribution in [0.1, 0.15) is 68.7 Å². The quantitative estimate of drug-likeness (QED) is 0.302. The minimum absolute atomic E-state index is 0.0969. The molecule has 0 rings (SSSR count). The molecule has 0 atom stereocenters. The van der Waals surface area contributed by atoms with Crippen LogP contribution in [0.5, 0.6) is 0 Å². The number of nitrogens with one attached hydrogen (secondary N) is 3. The van der Waals surface area contributed by atoms with E-state index in [9.17, 15) is 31.2 Å². The van der Waals surface area contributed by atoms with Crippen LogP contribution in [0.25, 0.3) is 0 Å². The molecule has 198 valence electrons. The number of carboxylic acids is 2. The predicted octanol–water partition coefficient (Wildman–Crippen LogP) is 1.24. The molecule has 0 aromatic heterocycles. The van der Waals surface area contributed by atoms with Gasteiger partial charge in [-0.1, -0.05) is 55.4 Å². The zero-order chi connectivity index (χ0) is 27.4. The Morgan fingerprint density at radius 3 is 1.28 bits per heavy atom. The van der Waals surface area contributed by atoms with Gasteiger partial charge in [0.05, 0.1) is 12.0 Å². The first kappa shape index (κ1) is 44.0. The first-order chi connectivity index (χ1) is 14.7. The summed E-state index contributed by atoms with van der Waals surface area (Å²) in [6, 6.07) is 0. The maximum atomic E-state index is 10.5. The molecule has 0 saturated heterocycles. The Bertz CT molecular complexity index is 636. The van der Waals surface area contributed by atoms with Crippen LogP contribution in [0.3, 0.4) is 0 Å². The summed E-state index contributed by atoms with van der Waals surface area (Å²) in [5.74, 6) is -2.54. The molecule has 5 N–H and O–H groups in total. The fraction of sp³-hybridized carbons (Fsp3) is 0.833. The highest BCUT2D eigenvalue weighted by Crippen LogP contribution is 1.79. The molecule has 0 aliphatic rings. The molecular weight excluding hydrogens is 466 g/mol. The Kier molecular flexibility index (Phi) is 43.2. The van der Waals surface area contributed by atoms with Gasteiger partial charge < -0.3 is 15.5 Å². The van der Waals surface area contributed by atoms with Crippen LogP contribution < -0.4 is 14.8 Å². The van der Waals surface area contributed by atoms with Crippen LogP contribution in [0, 0.1) is 0 Å². The van der Waals surface area contributed by atoms with Crippen LogP contribution >= 0.6 is 0 Å². The first-order valence-corrected chi connectivity index (χ1v) is 13.9. The lowest BCUT2D eigenvalue weighted by molar-refractivity contribution is -0.138. The first-order valence-electron chi connectivity index (χ1n) is 10.3. The summed E-state index contributed by atoms with van der Waals surface area (Å²) in [5.41, 5.74) is 0. The van der Waals surface area contributed by atoms with E-state index in [4.69, 9.17) is 10.2 Å². The molecule has 1 amide bonds.